The van der Waals surface area contributed by atoms with Crippen LogP contribution in [0.3, 0.4) is 0 Å². The summed E-state index contributed by atoms with van der Waals surface area (Å²) in [7, 11) is 0. The number of β-lactam (4-membered cyclic amide) rings is 1. The lowest BCUT2D eigenvalue weighted by atomic mass is 9.95. The number of amides is 2. The van der Waals surface area contributed by atoms with Gasteiger partial charge in [0.05, 0.1) is 0 Å². The molecule has 2 aliphatic heterocycles. The lowest BCUT2D eigenvalue weighted by molar-refractivity contribution is -0.159. The van der Waals surface area contributed by atoms with Gasteiger partial charge >= 0.3 is 5.97 Å². The van der Waals surface area contributed by atoms with E-state index in [-0.39, 0.29) is 17.2 Å². The van der Waals surface area contributed by atoms with Crippen LogP contribution in [0.2, 0.25) is 0 Å². The fourth-order valence-electron chi connectivity index (χ4n) is 3.91. The normalized spacial score (nSPS) is 25.0. The first-order valence-electron chi connectivity index (χ1n) is 8.99. The van der Waals surface area contributed by atoms with Crippen molar-refractivity contribution in [1.82, 2.24) is 10.2 Å². The summed E-state index contributed by atoms with van der Waals surface area (Å²) in [6.07, 6.45) is 0. The van der Waals surface area contributed by atoms with Crippen LogP contribution in [0.15, 0.2) is 54.6 Å². The Hall–Kier alpha value is -2.80. The molecule has 2 aliphatic rings. The molecule has 4 rings (SSSR count). The van der Waals surface area contributed by atoms with Crippen molar-refractivity contribution in [3.05, 3.63) is 60.2 Å². The number of hydrogen-bond acceptors (Lipinski definition) is 4. The molecule has 0 spiro atoms. The molecule has 0 aliphatic carbocycles. The number of thioether (sulfide) groups is 1. The van der Waals surface area contributed by atoms with Crippen LogP contribution in [0, 0.1) is 0 Å². The molecule has 2 aromatic rings. The first kappa shape index (κ1) is 18.6. The monoisotopic (exact) mass is 396 g/mol. The van der Waals surface area contributed by atoms with Crippen molar-refractivity contribution in [2.75, 3.05) is 0 Å². The van der Waals surface area contributed by atoms with E-state index in [1.807, 2.05) is 56.3 Å². The molecule has 2 fully saturated rings. The average molecular weight is 396 g/mol. The van der Waals surface area contributed by atoms with E-state index in [9.17, 15) is 19.5 Å². The number of aliphatic carboxylic acids is 1. The van der Waals surface area contributed by atoms with Crippen LogP contribution in [0.1, 0.15) is 24.2 Å². The maximum absolute atomic E-state index is 12.9. The van der Waals surface area contributed by atoms with E-state index < -0.39 is 22.8 Å². The quantitative estimate of drug-likeness (QED) is 0.776. The van der Waals surface area contributed by atoms with Crippen LogP contribution >= 0.6 is 11.8 Å². The maximum atomic E-state index is 12.9. The minimum Gasteiger partial charge on any atom is -0.480 e. The van der Waals surface area contributed by atoms with Gasteiger partial charge in [0.25, 0.3) is 5.91 Å². The van der Waals surface area contributed by atoms with Gasteiger partial charge < -0.3 is 15.3 Å². The molecule has 0 saturated carbocycles. The van der Waals surface area contributed by atoms with Gasteiger partial charge in [0.1, 0.15) is 17.5 Å². The van der Waals surface area contributed by atoms with Crippen LogP contribution < -0.4 is 5.32 Å². The summed E-state index contributed by atoms with van der Waals surface area (Å²) in [5, 5.41) is 12.0. The Labute approximate surface area is 166 Å². The SMILES string of the molecule is CC1(C)S[C@@H]2[C@H](NC(=O)c3ccccc3-c3ccccc3)C(=O)N2[C@H]1C(=O)O. The van der Waals surface area contributed by atoms with Crippen molar-refractivity contribution in [2.45, 2.75) is 36.1 Å². The van der Waals surface area contributed by atoms with Crippen molar-refractivity contribution in [2.24, 2.45) is 0 Å². The first-order valence-corrected chi connectivity index (χ1v) is 9.87. The highest BCUT2D eigenvalue weighted by atomic mass is 32.2. The lowest BCUT2D eigenvalue weighted by Gasteiger charge is -2.43. The molecule has 0 radical (unpaired) electrons. The number of nitrogens with zero attached hydrogens (tertiary/aromatic N) is 1. The number of fused-ring (bicyclic) bond motifs is 1. The number of rotatable bonds is 4. The summed E-state index contributed by atoms with van der Waals surface area (Å²) in [5.74, 6) is -1.71. The molecule has 2 aromatic carbocycles. The molecular weight excluding hydrogens is 376 g/mol. The molecule has 2 amide bonds. The highest BCUT2D eigenvalue weighted by Gasteiger charge is 2.64. The standard InChI is InChI=1S/C21H20N2O4S/c1-21(2)16(20(26)27)23-18(25)15(19(23)28-21)22-17(24)14-11-7-6-10-13(14)12-8-4-3-5-9-12/h3-11,15-16,19H,1-2H3,(H,22,24)(H,26,27)/t15-,16+,19-/m1/s1. The minimum absolute atomic E-state index is 0.338. The van der Waals surface area contributed by atoms with Crippen molar-refractivity contribution in [1.29, 1.82) is 0 Å². The van der Waals surface area contributed by atoms with Crippen LogP contribution in [0.4, 0.5) is 0 Å². The third-order valence-electron chi connectivity index (χ3n) is 5.22. The Balaban J connectivity index is 1.57. The van der Waals surface area contributed by atoms with Gasteiger partial charge in [0.15, 0.2) is 0 Å². The number of carbonyl (C=O) groups excluding carboxylic acids is 2. The Morgan fingerprint density at radius 2 is 1.71 bits per heavy atom. The van der Waals surface area contributed by atoms with E-state index in [4.69, 9.17) is 0 Å². The molecule has 0 aromatic heterocycles. The molecule has 2 N–H and O–H groups in total. The summed E-state index contributed by atoms with van der Waals surface area (Å²) in [6.45, 7) is 3.62. The zero-order chi connectivity index (χ0) is 20.1. The molecule has 3 atom stereocenters. The van der Waals surface area contributed by atoms with Gasteiger partial charge in [0.2, 0.25) is 5.91 Å². The molecule has 6 nitrogen and oxygen atoms in total. The highest BCUT2D eigenvalue weighted by Crippen LogP contribution is 2.50. The molecule has 144 valence electrons. The van der Waals surface area contributed by atoms with Gasteiger partial charge in [0, 0.05) is 10.3 Å². The second-order valence-electron chi connectivity index (χ2n) is 7.46. The Kier molecular flexibility index (Phi) is 4.42. The van der Waals surface area contributed by atoms with Crippen molar-refractivity contribution in [3.63, 3.8) is 0 Å². The van der Waals surface area contributed by atoms with Gasteiger partial charge in [-0.15, -0.1) is 11.8 Å². The summed E-state index contributed by atoms with van der Waals surface area (Å²) >= 11 is 1.41. The number of benzene rings is 2. The summed E-state index contributed by atoms with van der Waals surface area (Å²) in [6, 6.07) is 15.2. The molecule has 0 unspecified atom stereocenters. The van der Waals surface area contributed by atoms with Gasteiger partial charge in [-0.3, -0.25) is 9.59 Å². The third-order valence-corrected chi connectivity index (χ3v) is 6.79. The summed E-state index contributed by atoms with van der Waals surface area (Å²) < 4.78 is -0.617. The van der Waals surface area contributed by atoms with Crippen LogP contribution in [0.25, 0.3) is 11.1 Å². The largest absolute Gasteiger partial charge is 0.480 e. The zero-order valence-corrected chi connectivity index (χ0v) is 16.3. The molecule has 2 saturated heterocycles. The smallest absolute Gasteiger partial charge is 0.327 e. The van der Waals surface area contributed by atoms with Gasteiger partial charge in [-0.05, 0) is 31.0 Å². The average Bonchev–Trinajstić information content (AvgIpc) is 2.94. The lowest BCUT2D eigenvalue weighted by Crippen LogP contribution is -2.70. The Morgan fingerprint density at radius 1 is 1.07 bits per heavy atom. The Bertz CT molecular complexity index is 960. The number of hydrogen-bond donors (Lipinski definition) is 2. The second kappa shape index (κ2) is 6.67. The van der Waals surface area contributed by atoms with E-state index in [1.165, 1.54) is 16.7 Å². The molecule has 0 bridgehead atoms. The van der Waals surface area contributed by atoms with E-state index in [0.29, 0.717) is 5.56 Å². The van der Waals surface area contributed by atoms with E-state index in [0.717, 1.165) is 11.1 Å². The van der Waals surface area contributed by atoms with Crippen molar-refractivity contribution < 1.29 is 19.5 Å². The summed E-state index contributed by atoms with van der Waals surface area (Å²) in [5.41, 5.74) is 2.18. The first-order chi connectivity index (χ1) is 13.3. The zero-order valence-electron chi connectivity index (χ0n) is 15.5. The fraction of sp³-hybridized carbons (Fsp3) is 0.286. The number of carboxylic acids is 1. The maximum Gasteiger partial charge on any atom is 0.327 e. The van der Waals surface area contributed by atoms with E-state index in [2.05, 4.69) is 5.32 Å². The predicted molar refractivity (Wildman–Crippen MR) is 107 cm³/mol. The van der Waals surface area contributed by atoms with Crippen LogP contribution in [-0.4, -0.2) is 50.0 Å². The van der Waals surface area contributed by atoms with Crippen molar-refractivity contribution >= 4 is 29.5 Å². The van der Waals surface area contributed by atoms with Crippen LogP contribution in [-0.2, 0) is 9.59 Å². The highest BCUT2D eigenvalue weighted by molar-refractivity contribution is 8.01. The molecule has 28 heavy (non-hydrogen) atoms. The molecule has 2 heterocycles. The number of nitrogens with one attached hydrogen (secondary N) is 1. The van der Waals surface area contributed by atoms with Crippen LogP contribution in [0.5, 0.6) is 0 Å². The predicted octanol–water partition coefficient (Wildman–Crippen LogP) is 2.60. The molecule has 7 heteroatoms. The third kappa shape index (κ3) is 2.86. The fourth-order valence-corrected chi connectivity index (χ4v) is 5.54. The topological polar surface area (TPSA) is 86.7 Å². The molecular formula is C21H20N2O4S. The van der Waals surface area contributed by atoms with Gasteiger partial charge in [-0.1, -0.05) is 48.5 Å². The van der Waals surface area contributed by atoms with Gasteiger partial charge in [-0.25, -0.2) is 4.79 Å². The Morgan fingerprint density at radius 3 is 2.39 bits per heavy atom. The number of carbonyl (C=O) groups is 3. The van der Waals surface area contributed by atoms with E-state index >= 15 is 0 Å². The summed E-state index contributed by atoms with van der Waals surface area (Å²) in [4.78, 5) is 38.5. The van der Waals surface area contributed by atoms with E-state index in [1.54, 1.807) is 12.1 Å². The second-order valence-corrected chi connectivity index (χ2v) is 9.23. The van der Waals surface area contributed by atoms with Crippen molar-refractivity contribution in [3.8, 4) is 11.1 Å². The minimum atomic E-state index is -1.02. The van der Waals surface area contributed by atoms with Gasteiger partial charge in [-0.2, -0.15) is 0 Å². The number of carboxylic acid groups (broad SMARTS) is 1.